The normalized spacial score (nSPS) is 19.0. The molecule has 0 N–H and O–H groups in total. The van der Waals surface area contributed by atoms with E-state index in [-0.39, 0.29) is 18.0 Å². The highest BCUT2D eigenvalue weighted by molar-refractivity contribution is 5.79. The van der Waals surface area contributed by atoms with Crippen molar-refractivity contribution in [3.63, 3.8) is 0 Å². The number of nitrogens with zero attached hydrogens (tertiary/aromatic N) is 3. The zero-order valence-corrected chi connectivity index (χ0v) is 16.6. The number of para-hydroxylation sites is 1. The molecule has 2 amide bonds. The maximum atomic E-state index is 12.9. The van der Waals surface area contributed by atoms with Gasteiger partial charge in [-0.15, -0.1) is 0 Å². The minimum atomic E-state index is -0.319. The van der Waals surface area contributed by atoms with Crippen molar-refractivity contribution < 1.29 is 14.3 Å². The fraction of sp³-hybridized carbons (Fsp3) is 0.619. The number of piperazine rings is 1. The van der Waals surface area contributed by atoms with Gasteiger partial charge >= 0.3 is 6.09 Å². The Morgan fingerprint density at radius 2 is 1.70 bits per heavy atom. The van der Waals surface area contributed by atoms with Gasteiger partial charge in [-0.25, -0.2) is 4.79 Å². The van der Waals surface area contributed by atoms with Crippen LogP contribution < -0.4 is 4.74 Å². The monoisotopic (exact) mass is 373 g/mol. The largest absolute Gasteiger partial charge is 0.415 e. The number of rotatable bonds is 6. The maximum absolute atomic E-state index is 12.9. The van der Waals surface area contributed by atoms with Gasteiger partial charge in [0, 0.05) is 38.3 Å². The van der Waals surface area contributed by atoms with Crippen molar-refractivity contribution in [1.82, 2.24) is 14.7 Å². The first kappa shape index (κ1) is 19.7. The fourth-order valence-electron chi connectivity index (χ4n) is 3.45. The van der Waals surface area contributed by atoms with Crippen molar-refractivity contribution in [2.75, 3.05) is 32.7 Å². The Morgan fingerprint density at radius 3 is 2.26 bits per heavy atom. The topological polar surface area (TPSA) is 53.1 Å². The molecule has 1 saturated carbocycles. The minimum absolute atomic E-state index is 0.221. The lowest BCUT2D eigenvalue weighted by atomic mass is 10.0. The molecule has 2 fully saturated rings. The quantitative estimate of drug-likeness (QED) is 0.769. The van der Waals surface area contributed by atoms with E-state index in [0.29, 0.717) is 50.4 Å². The average molecular weight is 373 g/mol. The third-order valence-corrected chi connectivity index (χ3v) is 5.57. The van der Waals surface area contributed by atoms with Crippen molar-refractivity contribution in [2.24, 2.45) is 5.92 Å². The first-order chi connectivity index (χ1) is 13.0. The first-order valence-corrected chi connectivity index (χ1v) is 10.0. The second kappa shape index (κ2) is 8.74. The molecule has 1 aromatic carbocycles. The number of carbonyl (C=O) groups is 2. The number of amides is 2. The van der Waals surface area contributed by atoms with Crippen LogP contribution in [0.5, 0.6) is 5.75 Å². The number of ether oxygens (including phenoxy) is 1. The van der Waals surface area contributed by atoms with Crippen LogP contribution in [-0.4, -0.2) is 71.5 Å². The molecule has 6 nitrogen and oxygen atoms in total. The number of benzene rings is 1. The van der Waals surface area contributed by atoms with E-state index in [1.807, 2.05) is 18.2 Å². The average Bonchev–Trinajstić information content (AvgIpc) is 3.48. The third kappa shape index (κ3) is 5.22. The van der Waals surface area contributed by atoms with Crippen LogP contribution in [0.4, 0.5) is 4.79 Å². The van der Waals surface area contributed by atoms with E-state index in [1.165, 1.54) is 0 Å². The smallest absolute Gasteiger partial charge is 0.410 e. The summed E-state index contributed by atoms with van der Waals surface area (Å²) >= 11 is 0. The van der Waals surface area contributed by atoms with E-state index < -0.39 is 0 Å². The molecule has 27 heavy (non-hydrogen) atoms. The fourth-order valence-corrected chi connectivity index (χ4v) is 3.45. The highest BCUT2D eigenvalue weighted by Crippen LogP contribution is 2.30. The summed E-state index contributed by atoms with van der Waals surface area (Å²) in [6, 6.07) is 9.82. The predicted molar refractivity (Wildman–Crippen MR) is 105 cm³/mol. The lowest BCUT2D eigenvalue weighted by Gasteiger charge is -2.37. The van der Waals surface area contributed by atoms with Crippen molar-refractivity contribution in [3.8, 4) is 5.75 Å². The van der Waals surface area contributed by atoms with Gasteiger partial charge in [0.05, 0.1) is 6.54 Å². The molecular formula is C21H31N3O3. The highest BCUT2D eigenvalue weighted by Gasteiger charge is 2.37. The molecule has 1 aliphatic heterocycles. The molecule has 0 spiro atoms. The van der Waals surface area contributed by atoms with Crippen LogP contribution in [0, 0.1) is 5.92 Å². The number of hydrogen-bond donors (Lipinski definition) is 0. The second-order valence-electron chi connectivity index (χ2n) is 7.96. The Balaban J connectivity index is 1.47. The van der Waals surface area contributed by atoms with Crippen LogP contribution in [0.1, 0.15) is 33.6 Å². The zero-order valence-electron chi connectivity index (χ0n) is 16.6. The molecule has 1 heterocycles. The summed E-state index contributed by atoms with van der Waals surface area (Å²) in [5.74, 6) is 1.24. The molecule has 2 aliphatic rings. The molecule has 1 aromatic rings. The molecular weight excluding hydrogens is 342 g/mol. The standard InChI is InChI=1S/C21H31N3O3/c1-16(2)17(3)24(18-9-10-18)20(25)15-22-11-13-23(14-12-22)21(26)27-19-7-5-4-6-8-19/h4-8,16-18H,9-15H2,1-3H3. The molecule has 0 bridgehead atoms. The number of hydrogen-bond acceptors (Lipinski definition) is 4. The summed E-state index contributed by atoms with van der Waals surface area (Å²) in [5.41, 5.74) is 0. The van der Waals surface area contributed by atoms with Gasteiger partial charge < -0.3 is 14.5 Å². The molecule has 0 radical (unpaired) electrons. The molecule has 1 aliphatic carbocycles. The summed E-state index contributed by atoms with van der Waals surface area (Å²) in [7, 11) is 0. The van der Waals surface area contributed by atoms with E-state index in [1.54, 1.807) is 17.0 Å². The summed E-state index contributed by atoms with van der Waals surface area (Å²) in [4.78, 5) is 31.1. The van der Waals surface area contributed by atoms with Gasteiger partial charge in [0.25, 0.3) is 0 Å². The van der Waals surface area contributed by atoms with Gasteiger partial charge in [0.15, 0.2) is 0 Å². The van der Waals surface area contributed by atoms with E-state index >= 15 is 0 Å². The lowest BCUT2D eigenvalue weighted by molar-refractivity contribution is -0.136. The molecule has 1 atom stereocenters. The van der Waals surface area contributed by atoms with Crippen LogP contribution in [0.25, 0.3) is 0 Å². The van der Waals surface area contributed by atoms with Crippen LogP contribution in [-0.2, 0) is 4.79 Å². The van der Waals surface area contributed by atoms with E-state index in [9.17, 15) is 9.59 Å². The Labute approximate surface area is 162 Å². The molecule has 6 heteroatoms. The molecule has 1 unspecified atom stereocenters. The minimum Gasteiger partial charge on any atom is -0.410 e. The first-order valence-electron chi connectivity index (χ1n) is 10.0. The Hall–Kier alpha value is -2.08. The van der Waals surface area contributed by atoms with Gasteiger partial charge in [0.1, 0.15) is 5.75 Å². The van der Waals surface area contributed by atoms with Gasteiger partial charge in [-0.2, -0.15) is 0 Å². The van der Waals surface area contributed by atoms with E-state index in [0.717, 1.165) is 12.8 Å². The molecule has 148 valence electrons. The molecule has 1 saturated heterocycles. The Kier molecular flexibility index (Phi) is 6.37. The summed E-state index contributed by atoms with van der Waals surface area (Å²) in [6.07, 6.45) is 1.93. The second-order valence-corrected chi connectivity index (χ2v) is 7.96. The van der Waals surface area contributed by atoms with Crippen LogP contribution >= 0.6 is 0 Å². The van der Waals surface area contributed by atoms with Crippen LogP contribution in [0.15, 0.2) is 30.3 Å². The highest BCUT2D eigenvalue weighted by atomic mass is 16.6. The summed E-state index contributed by atoms with van der Waals surface area (Å²) in [6.45, 7) is 9.50. The van der Waals surface area contributed by atoms with Crippen molar-refractivity contribution in [3.05, 3.63) is 30.3 Å². The molecule has 3 rings (SSSR count). The van der Waals surface area contributed by atoms with Gasteiger partial charge in [-0.3, -0.25) is 9.69 Å². The molecule has 0 aromatic heterocycles. The summed E-state index contributed by atoms with van der Waals surface area (Å²) < 4.78 is 5.40. The summed E-state index contributed by atoms with van der Waals surface area (Å²) in [5, 5.41) is 0. The lowest BCUT2D eigenvalue weighted by Crippen LogP contribution is -2.53. The van der Waals surface area contributed by atoms with Crippen LogP contribution in [0.3, 0.4) is 0 Å². The third-order valence-electron chi connectivity index (χ3n) is 5.57. The Bertz CT molecular complexity index is 637. The SMILES string of the molecule is CC(C)C(C)N(C(=O)CN1CCN(C(=O)Oc2ccccc2)CC1)C1CC1. The predicted octanol–water partition coefficient (Wildman–Crippen LogP) is 2.84. The number of carbonyl (C=O) groups excluding carboxylic acids is 2. The van der Waals surface area contributed by atoms with Gasteiger partial charge in [0.2, 0.25) is 5.91 Å². The Morgan fingerprint density at radius 1 is 1.07 bits per heavy atom. The van der Waals surface area contributed by atoms with Gasteiger partial charge in [-0.05, 0) is 37.8 Å². The van der Waals surface area contributed by atoms with Crippen molar-refractivity contribution in [1.29, 1.82) is 0 Å². The zero-order chi connectivity index (χ0) is 19.4. The van der Waals surface area contributed by atoms with Crippen molar-refractivity contribution in [2.45, 2.75) is 45.7 Å². The van der Waals surface area contributed by atoms with Crippen LogP contribution in [0.2, 0.25) is 0 Å². The maximum Gasteiger partial charge on any atom is 0.415 e. The van der Waals surface area contributed by atoms with E-state index in [2.05, 4.69) is 30.6 Å². The van der Waals surface area contributed by atoms with Gasteiger partial charge in [-0.1, -0.05) is 32.0 Å². The van der Waals surface area contributed by atoms with Crippen molar-refractivity contribution >= 4 is 12.0 Å². The van der Waals surface area contributed by atoms with E-state index in [4.69, 9.17) is 4.74 Å².